The van der Waals surface area contributed by atoms with Crippen LogP contribution in [0.3, 0.4) is 0 Å². The van der Waals surface area contributed by atoms with E-state index in [1.165, 1.54) is 50.8 Å². The topological polar surface area (TPSA) is 44.8 Å². The molecular formula is C25H35N3O2. The molecule has 1 aliphatic carbocycles. The zero-order valence-corrected chi connectivity index (χ0v) is 18.2. The number of carbonyl (C=O) groups is 1. The van der Waals surface area contributed by atoms with E-state index in [1.54, 1.807) is 12.7 Å². The summed E-state index contributed by atoms with van der Waals surface area (Å²) in [5, 5.41) is 3.21. The average Bonchev–Trinajstić information content (AvgIpc) is 2.79. The lowest BCUT2D eigenvalue weighted by Crippen LogP contribution is -2.61. The van der Waals surface area contributed by atoms with Crippen molar-refractivity contribution in [3.8, 4) is 5.75 Å². The van der Waals surface area contributed by atoms with Crippen LogP contribution in [0.25, 0.3) is 0 Å². The van der Waals surface area contributed by atoms with Crippen molar-refractivity contribution < 1.29 is 9.53 Å². The normalized spacial score (nSPS) is 30.7. The smallest absolute Gasteiger partial charge is 0.317 e. The highest BCUT2D eigenvalue weighted by atomic mass is 16.5. The molecule has 0 aromatic heterocycles. The number of hydrogen-bond acceptors (Lipinski definition) is 3. The van der Waals surface area contributed by atoms with Crippen molar-refractivity contribution in [1.82, 2.24) is 15.1 Å². The fourth-order valence-corrected chi connectivity index (χ4v) is 6.41. The van der Waals surface area contributed by atoms with Crippen LogP contribution >= 0.6 is 0 Å². The van der Waals surface area contributed by atoms with Gasteiger partial charge >= 0.3 is 6.03 Å². The number of likely N-dealkylation sites (tertiary alicyclic amines) is 1. The summed E-state index contributed by atoms with van der Waals surface area (Å²) >= 11 is 0. The van der Waals surface area contributed by atoms with Crippen molar-refractivity contribution in [2.45, 2.75) is 57.0 Å². The highest BCUT2D eigenvalue weighted by Crippen LogP contribution is 2.44. The zero-order valence-electron chi connectivity index (χ0n) is 18.2. The summed E-state index contributed by atoms with van der Waals surface area (Å²) in [6, 6.07) is 9.31. The monoisotopic (exact) mass is 409 g/mol. The lowest BCUT2D eigenvalue weighted by molar-refractivity contribution is 0.00793. The molecule has 5 nitrogen and oxygen atoms in total. The minimum Gasteiger partial charge on any atom is -0.497 e. The fraction of sp³-hybridized carbons (Fsp3) is 0.640. The molecule has 3 fully saturated rings. The molecule has 1 aromatic carbocycles. The van der Waals surface area contributed by atoms with E-state index in [2.05, 4.69) is 33.3 Å². The fourth-order valence-electron chi connectivity index (χ4n) is 6.41. The molecule has 0 saturated carbocycles. The standard InChI is InChI=1S/C25H35N3O2/c1-30-22-9-7-18(8-10-22)11-12-26-25(29)28-14-4-5-19-15-20-16-21(24(19)28)17-27-13-3-2-6-23(20)27/h7-10,15,20-21,23-24H,2-6,11-14,16-17H2,1H3,(H,26,29)/t20-,21-,23+,24+/m0/s1. The van der Waals surface area contributed by atoms with Crippen LogP contribution < -0.4 is 10.1 Å². The molecule has 0 unspecified atom stereocenters. The van der Waals surface area contributed by atoms with Crippen LogP contribution in [0, 0.1) is 11.8 Å². The van der Waals surface area contributed by atoms with Crippen LogP contribution in [0.5, 0.6) is 5.75 Å². The SMILES string of the molecule is COc1ccc(CCNC(=O)N2CCCC3=C[C@H]4C[C@@H](CN5CCCC[C@H]45)[C@@H]32)cc1. The molecule has 3 aliphatic heterocycles. The van der Waals surface area contributed by atoms with Crippen LogP contribution in [0.2, 0.25) is 0 Å². The maximum absolute atomic E-state index is 13.1. The minimum absolute atomic E-state index is 0.123. The quantitative estimate of drug-likeness (QED) is 0.769. The molecule has 4 aliphatic rings. The molecule has 0 spiro atoms. The number of methoxy groups -OCH3 is 1. The van der Waals surface area contributed by atoms with E-state index in [9.17, 15) is 4.79 Å². The van der Waals surface area contributed by atoms with E-state index in [0.29, 0.717) is 24.4 Å². The van der Waals surface area contributed by atoms with E-state index in [0.717, 1.165) is 31.2 Å². The molecule has 3 heterocycles. The first kappa shape index (κ1) is 19.9. The van der Waals surface area contributed by atoms with Crippen molar-refractivity contribution in [3.63, 3.8) is 0 Å². The summed E-state index contributed by atoms with van der Waals surface area (Å²) in [6.45, 7) is 4.00. The summed E-state index contributed by atoms with van der Waals surface area (Å²) in [7, 11) is 1.68. The summed E-state index contributed by atoms with van der Waals surface area (Å²) < 4.78 is 5.22. The van der Waals surface area contributed by atoms with Crippen molar-refractivity contribution in [1.29, 1.82) is 0 Å². The van der Waals surface area contributed by atoms with Gasteiger partial charge < -0.3 is 15.0 Å². The summed E-state index contributed by atoms with van der Waals surface area (Å²) in [4.78, 5) is 18.0. The van der Waals surface area contributed by atoms with Gasteiger partial charge in [-0.15, -0.1) is 0 Å². The molecular weight excluding hydrogens is 374 g/mol. The van der Waals surface area contributed by atoms with Crippen LogP contribution in [-0.4, -0.2) is 61.2 Å². The summed E-state index contributed by atoms with van der Waals surface area (Å²) in [6.07, 6.45) is 11.1. The third-order valence-electron chi connectivity index (χ3n) is 7.77. The molecule has 2 bridgehead atoms. The van der Waals surface area contributed by atoms with E-state index in [4.69, 9.17) is 4.74 Å². The maximum atomic E-state index is 13.1. The highest BCUT2D eigenvalue weighted by molar-refractivity contribution is 5.75. The number of ether oxygens (including phenoxy) is 1. The Morgan fingerprint density at radius 3 is 2.87 bits per heavy atom. The first-order valence-electron chi connectivity index (χ1n) is 11.8. The van der Waals surface area contributed by atoms with Gasteiger partial charge in [-0.1, -0.05) is 30.2 Å². The van der Waals surface area contributed by atoms with E-state index >= 15 is 0 Å². The maximum Gasteiger partial charge on any atom is 0.317 e. The Bertz CT molecular complexity index is 790. The second kappa shape index (κ2) is 8.62. The number of carbonyl (C=O) groups excluding carboxylic acids is 1. The van der Waals surface area contributed by atoms with Gasteiger partial charge in [-0.2, -0.15) is 0 Å². The number of nitrogens with zero attached hydrogens (tertiary/aromatic N) is 2. The highest BCUT2D eigenvalue weighted by Gasteiger charge is 2.46. The molecule has 162 valence electrons. The average molecular weight is 410 g/mol. The van der Waals surface area contributed by atoms with E-state index in [-0.39, 0.29) is 6.03 Å². The number of piperidine rings is 3. The number of benzene rings is 1. The molecule has 5 heteroatoms. The Balaban J connectivity index is 1.23. The van der Waals surface area contributed by atoms with Gasteiger partial charge in [-0.25, -0.2) is 4.79 Å². The molecule has 5 rings (SSSR count). The Morgan fingerprint density at radius 2 is 2.03 bits per heavy atom. The number of nitrogens with one attached hydrogen (secondary N) is 1. The van der Waals surface area contributed by atoms with E-state index in [1.807, 2.05) is 12.1 Å². The Hall–Kier alpha value is -2.01. The number of amides is 2. The van der Waals surface area contributed by atoms with Gasteiger partial charge in [-0.05, 0) is 74.6 Å². The first-order chi connectivity index (χ1) is 14.7. The van der Waals surface area contributed by atoms with Crippen LogP contribution in [0.15, 0.2) is 35.9 Å². The Kier molecular flexibility index (Phi) is 5.72. The van der Waals surface area contributed by atoms with Gasteiger partial charge in [0.25, 0.3) is 0 Å². The molecule has 30 heavy (non-hydrogen) atoms. The lowest BCUT2D eigenvalue weighted by atomic mass is 9.68. The number of fused-ring (bicyclic) bond motifs is 6. The van der Waals surface area contributed by atoms with Crippen molar-refractivity contribution in [3.05, 3.63) is 41.5 Å². The second-order valence-corrected chi connectivity index (χ2v) is 9.53. The molecule has 2 amide bonds. The molecule has 1 aromatic rings. The zero-order chi connectivity index (χ0) is 20.5. The third kappa shape index (κ3) is 3.84. The van der Waals surface area contributed by atoms with Gasteiger partial charge in [0, 0.05) is 25.7 Å². The predicted octanol–water partition coefficient (Wildman–Crippen LogP) is 3.84. The van der Waals surface area contributed by atoms with Crippen molar-refractivity contribution in [2.75, 3.05) is 33.3 Å². The van der Waals surface area contributed by atoms with Crippen LogP contribution in [0.1, 0.15) is 44.1 Å². The Labute approximate surface area is 180 Å². The molecule has 4 atom stereocenters. The molecule has 0 radical (unpaired) electrons. The number of rotatable bonds is 4. The largest absolute Gasteiger partial charge is 0.497 e. The number of urea groups is 1. The van der Waals surface area contributed by atoms with Crippen LogP contribution in [-0.2, 0) is 6.42 Å². The summed E-state index contributed by atoms with van der Waals surface area (Å²) in [5.41, 5.74) is 2.78. The second-order valence-electron chi connectivity index (χ2n) is 9.53. The van der Waals surface area contributed by atoms with E-state index < -0.39 is 0 Å². The summed E-state index contributed by atoms with van der Waals surface area (Å²) in [5.74, 6) is 2.19. The molecule has 3 saturated heterocycles. The van der Waals surface area contributed by atoms with Gasteiger partial charge in [-0.3, -0.25) is 4.90 Å². The first-order valence-corrected chi connectivity index (χ1v) is 11.8. The van der Waals surface area contributed by atoms with Crippen molar-refractivity contribution >= 4 is 6.03 Å². The van der Waals surface area contributed by atoms with Gasteiger partial charge in [0.1, 0.15) is 5.75 Å². The minimum atomic E-state index is 0.123. The van der Waals surface area contributed by atoms with Crippen LogP contribution in [0.4, 0.5) is 4.79 Å². The molecule has 1 N–H and O–H groups in total. The van der Waals surface area contributed by atoms with Gasteiger partial charge in [0.2, 0.25) is 0 Å². The van der Waals surface area contributed by atoms with Crippen molar-refractivity contribution in [2.24, 2.45) is 11.8 Å². The Morgan fingerprint density at radius 1 is 1.17 bits per heavy atom. The third-order valence-corrected chi connectivity index (χ3v) is 7.77. The lowest BCUT2D eigenvalue weighted by Gasteiger charge is -2.54. The van der Waals surface area contributed by atoms with Gasteiger partial charge in [0.15, 0.2) is 0 Å². The number of hydrogen-bond donors (Lipinski definition) is 1. The predicted molar refractivity (Wildman–Crippen MR) is 119 cm³/mol. The van der Waals surface area contributed by atoms with Gasteiger partial charge in [0.05, 0.1) is 13.2 Å².